The average molecular weight is 462 g/mol. The van der Waals surface area contributed by atoms with Gasteiger partial charge in [0.15, 0.2) is 0 Å². The van der Waals surface area contributed by atoms with E-state index < -0.39 is 66.9 Å². The lowest BCUT2D eigenvalue weighted by atomic mass is 10.0. The van der Waals surface area contributed by atoms with Crippen molar-refractivity contribution in [1.29, 1.82) is 0 Å². The molecule has 184 valence electrons. The molecular formula is C19H35N5O8. The number of amides is 3. The van der Waals surface area contributed by atoms with Crippen LogP contribution in [0.4, 0.5) is 0 Å². The van der Waals surface area contributed by atoms with Gasteiger partial charge in [-0.2, -0.15) is 0 Å². The molecule has 0 aliphatic carbocycles. The fourth-order valence-electron chi connectivity index (χ4n) is 2.73. The van der Waals surface area contributed by atoms with Crippen molar-refractivity contribution >= 4 is 29.7 Å². The summed E-state index contributed by atoms with van der Waals surface area (Å²) in [4.78, 5) is 59.3. The molecule has 0 aromatic rings. The summed E-state index contributed by atoms with van der Waals surface area (Å²) in [6.45, 7) is 3.19. The molecule has 32 heavy (non-hydrogen) atoms. The zero-order valence-electron chi connectivity index (χ0n) is 18.4. The van der Waals surface area contributed by atoms with Crippen LogP contribution in [0.1, 0.15) is 46.0 Å². The Bertz CT molecular complexity index is 658. The molecule has 0 radical (unpaired) electrons. The first-order chi connectivity index (χ1) is 14.9. The third kappa shape index (κ3) is 11.6. The van der Waals surface area contributed by atoms with E-state index in [0.29, 0.717) is 25.8 Å². The number of carboxylic acid groups (broad SMARTS) is 2. The summed E-state index contributed by atoms with van der Waals surface area (Å²) >= 11 is 0. The number of carboxylic acids is 2. The number of unbranched alkanes of at least 4 members (excludes halogenated alkanes) is 1. The second-order valence-corrected chi connectivity index (χ2v) is 7.82. The number of hydrogen-bond acceptors (Lipinski definition) is 8. The van der Waals surface area contributed by atoms with E-state index >= 15 is 0 Å². The lowest BCUT2D eigenvalue weighted by Crippen LogP contribution is -2.58. The van der Waals surface area contributed by atoms with Crippen molar-refractivity contribution in [2.75, 3.05) is 13.2 Å². The number of carbonyl (C=O) groups excluding carboxylic acids is 3. The molecule has 0 fully saturated rings. The summed E-state index contributed by atoms with van der Waals surface area (Å²) in [7, 11) is 0. The number of nitrogens with two attached hydrogens (primary N) is 2. The van der Waals surface area contributed by atoms with Crippen LogP contribution >= 0.6 is 0 Å². The minimum absolute atomic E-state index is 0.0989. The Kier molecular flexibility index (Phi) is 13.8. The lowest BCUT2D eigenvalue weighted by molar-refractivity contribution is -0.147. The van der Waals surface area contributed by atoms with Crippen LogP contribution in [0.2, 0.25) is 0 Å². The molecule has 0 heterocycles. The van der Waals surface area contributed by atoms with Gasteiger partial charge < -0.3 is 42.7 Å². The van der Waals surface area contributed by atoms with Crippen LogP contribution < -0.4 is 27.4 Å². The zero-order chi connectivity index (χ0) is 24.8. The van der Waals surface area contributed by atoms with Gasteiger partial charge in [0.2, 0.25) is 17.7 Å². The maximum absolute atomic E-state index is 12.6. The maximum Gasteiger partial charge on any atom is 0.326 e. The molecule has 0 rings (SSSR count). The Labute approximate surface area is 186 Å². The smallest absolute Gasteiger partial charge is 0.326 e. The fraction of sp³-hybridized carbons (Fsp3) is 0.737. The molecule has 4 unspecified atom stereocenters. The van der Waals surface area contributed by atoms with E-state index in [1.54, 1.807) is 13.8 Å². The summed E-state index contributed by atoms with van der Waals surface area (Å²) in [6.07, 6.45) is 0.874. The number of nitrogens with one attached hydrogen (secondary N) is 3. The highest BCUT2D eigenvalue weighted by atomic mass is 16.4. The Morgan fingerprint density at radius 1 is 0.844 bits per heavy atom. The standard InChI is InChI=1S/C19H35N5O8/c1-10(2)7-12(17(29)23-13(19(31)32)8-15(26)27)22-18(30)14(9-25)24-16(28)11(21)5-3-4-6-20/h10-14,25H,3-9,20-21H2,1-2H3,(H,22,30)(H,23,29)(H,24,28)(H,26,27)(H,31,32). The normalized spacial score (nSPS) is 14.7. The molecule has 0 bridgehead atoms. The van der Waals surface area contributed by atoms with Crippen LogP contribution in [0.25, 0.3) is 0 Å². The summed E-state index contributed by atoms with van der Waals surface area (Å²) < 4.78 is 0. The van der Waals surface area contributed by atoms with Crippen LogP contribution in [0, 0.1) is 5.92 Å². The maximum atomic E-state index is 12.6. The molecule has 0 aliphatic heterocycles. The average Bonchev–Trinajstić information content (AvgIpc) is 2.69. The molecule has 0 aliphatic rings. The molecule has 13 heteroatoms. The van der Waals surface area contributed by atoms with Crippen molar-refractivity contribution in [3.8, 4) is 0 Å². The third-order valence-corrected chi connectivity index (χ3v) is 4.45. The van der Waals surface area contributed by atoms with E-state index in [2.05, 4.69) is 16.0 Å². The van der Waals surface area contributed by atoms with E-state index in [4.69, 9.17) is 21.7 Å². The van der Waals surface area contributed by atoms with Gasteiger partial charge in [-0.25, -0.2) is 4.79 Å². The number of carbonyl (C=O) groups is 5. The van der Waals surface area contributed by atoms with Crippen molar-refractivity contribution < 1.29 is 39.3 Å². The van der Waals surface area contributed by atoms with Crippen LogP contribution in [-0.2, 0) is 24.0 Å². The molecule has 10 N–H and O–H groups in total. The topological polar surface area (TPSA) is 234 Å². The van der Waals surface area contributed by atoms with Gasteiger partial charge in [-0.1, -0.05) is 20.3 Å². The summed E-state index contributed by atoms with van der Waals surface area (Å²) in [5.41, 5.74) is 11.2. The van der Waals surface area contributed by atoms with Gasteiger partial charge in [0, 0.05) is 0 Å². The minimum atomic E-state index is -1.69. The Morgan fingerprint density at radius 2 is 1.38 bits per heavy atom. The van der Waals surface area contributed by atoms with Crippen molar-refractivity contribution in [3.05, 3.63) is 0 Å². The fourth-order valence-corrected chi connectivity index (χ4v) is 2.73. The van der Waals surface area contributed by atoms with E-state index in [1.165, 1.54) is 0 Å². The molecular weight excluding hydrogens is 426 g/mol. The predicted molar refractivity (Wildman–Crippen MR) is 113 cm³/mol. The molecule has 3 amide bonds. The van der Waals surface area contributed by atoms with Gasteiger partial charge in [0.05, 0.1) is 19.1 Å². The molecule has 4 atom stereocenters. The van der Waals surface area contributed by atoms with Gasteiger partial charge in [0.25, 0.3) is 0 Å². The van der Waals surface area contributed by atoms with Crippen LogP contribution in [0.5, 0.6) is 0 Å². The number of aliphatic hydroxyl groups is 1. The first-order valence-electron chi connectivity index (χ1n) is 10.3. The first kappa shape index (κ1) is 29.2. The summed E-state index contributed by atoms with van der Waals surface area (Å²) in [6, 6.07) is -5.21. The number of aliphatic hydroxyl groups excluding tert-OH is 1. The second-order valence-electron chi connectivity index (χ2n) is 7.82. The van der Waals surface area contributed by atoms with E-state index in [-0.39, 0.29) is 12.3 Å². The molecule has 0 aromatic heterocycles. The van der Waals surface area contributed by atoms with Crippen molar-refractivity contribution in [1.82, 2.24) is 16.0 Å². The highest BCUT2D eigenvalue weighted by molar-refractivity contribution is 5.94. The quantitative estimate of drug-likeness (QED) is 0.112. The number of hydrogen-bond donors (Lipinski definition) is 8. The van der Waals surface area contributed by atoms with Gasteiger partial charge in [-0.05, 0) is 31.7 Å². The van der Waals surface area contributed by atoms with Gasteiger partial charge in [-0.15, -0.1) is 0 Å². The Hall–Kier alpha value is -2.77. The van der Waals surface area contributed by atoms with E-state index in [9.17, 15) is 29.1 Å². The number of aliphatic carboxylic acids is 2. The molecule has 13 nitrogen and oxygen atoms in total. The summed E-state index contributed by atoms with van der Waals surface area (Å²) in [5.74, 6) is -5.50. The van der Waals surface area contributed by atoms with Gasteiger partial charge in [-0.3, -0.25) is 19.2 Å². The SMILES string of the molecule is CC(C)CC(NC(=O)C(CO)NC(=O)C(N)CCCCN)C(=O)NC(CC(=O)O)C(=O)O. The Morgan fingerprint density at radius 3 is 1.84 bits per heavy atom. The van der Waals surface area contributed by atoms with Crippen molar-refractivity contribution in [2.24, 2.45) is 17.4 Å². The first-order valence-corrected chi connectivity index (χ1v) is 10.3. The van der Waals surface area contributed by atoms with Crippen molar-refractivity contribution in [2.45, 2.75) is 70.1 Å². The van der Waals surface area contributed by atoms with Crippen LogP contribution in [0.3, 0.4) is 0 Å². The third-order valence-electron chi connectivity index (χ3n) is 4.45. The molecule has 0 spiro atoms. The highest BCUT2D eigenvalue weighted by Gasteiger charge is 2.31. The highest BCUT2D eigenvalue weighted by Crippen LogP contribution is 2.07. The van der Waals surface area contributed by atoms with Crippen LogP contribution in [-0.4, -0.2) is 82.3 Å². The lowest BCUT2D eigenvalue weighted by Gasteiger charge is -2.25. The monoisotopic (exact) mass is 461 g/mol. The largest absolute Gasteiger partial charge is 0.481 e. The Balaban J connectivity index is 5.19. The van der Waals surface area contributed by atoms with E-state index in [0.717, 1.165) is 0 Å². The zero-order valence-corrected chi connectivity index (χ0v) is 18.4. The molecule has 0 saturated carbocycles. The second kappa shape index (κ2) is 15.1. The summed E-state index contributed by atoms with van der Waals surface area (Å²) in [5, 5.41) is 34.2. The minimum Gasteiger partial charge on any atom is -0.481 e. The van der Waals surface area contributed by atoms with E-state index in [1.807, 2.05) is 0 Å². The van der Waals surface area contributed by atoms with Crippen LogP contribution in [0.15, 0.2) is 0 Å². The predicted octanol–water partition coefficient (Wildman–Crippen LogP) is -2.51. The molecule has 0 aromatic carbocycles. The molecule has 0 saturated heterocycles. The number of rotatable bonds is 16. The van der Waals surface area contributed by atoms with Crippen molar-refractivity contribution in [3.63, 3.8) is 0 Å². The van der Waals surface area contributed by atoms with Gasteiger partial charge in [0.1, 0.15) is 18.1 Å². The van der Waals surface area contributed by atoms with Gasteiger partial charge >= 0.3 is 11.9 Å².